The van der Waals surface area contributed by atoms with Crippen molar-refractivity contribution in [2.75, 3.05) is 55.9 Å². The fourth-order valence-corrected chi connectivity index (χ4v) is 1.90. The highest BCUT2D eigenvalue weighted by Crippen LogP contribution is 2.17. The van der Waals surface area contributed by atoms with Crippen LogP contribution in [0.1, 0.15) is 12.8 Å². The molecule has 0 aromatic carbocycles. The van der Waals surface area contributed by atoms with Crippen LogP contribution in [0.15, 0.2) is 12.2 Å². The molecule has 0 N–H and O–H groups in total. The smallest absolute Gasteiger partial charge is 0.331 e. The first-order valence-electron chi connectivity index (χ1n) is 7.69. The summed E-state index contributed by atoms with van der Waals surface area (Å²) in [6, 6.07) is 0. The Labute approximate surface area is 153 Å². The normalized spacial score (nSPS) is 12.4. The lowest BCUT2D eigenvalue weighted by molar-refractivity contribution is -0.357. The van der Waals surface area contributed by atoms with Gasteiger partial charge in [0, 0.05) is 54.8 Å². The minimum Gasteiger partial charge on any atom is -0.462 e. The molecular formula is C16H28O10. The molecule has 0 rings (SSSR count). The van der Waals surface area contributed by atoms with Gasteiger partial charge in [-0.2, -0.15) is 0 Å². The first-order chi connectivity index (χ1) is 12.4. The lowest BCUT2D eigenvalue weighted by Crippen LogP contribution is -2.37. The summed E-state index contributed by atoms with van der Waals surface area (Å²) in [5.74, 6) is -4.03. The average Bonchev–Trinajstić information content (AvgIpc) is 2.68. The lowest BCUT2D eigenvalue weighted by Gasteiger charge is -2.28. The van der Waals surface area contributed by atoms with Crippen LogP contribution in [0.5, 0.6) is 0 Å². The molecule has 0 atom stereocenters. The topological polar surface area (TPSA) is 108 Å². The summed E-state index contributed by atoms with van der Waals surface area (Å²) in [4.78, 5) is 23.1. The predicted molar refractivity (Wildman–Crippen MR) is 87.8 cm³/mol. The average molecular weight is 380 g/mol. The molecule has 10 heteroatoms. The number of rotatable bonds is 14. The van der Waals surface area contributed by atoms with Crippen molar-refractivity contribution in [3.05, 3.63) is 12.2 Å². The minimum absolute atomic E-state index is 0.0359. The van der Waals surface area contributed by atoms with Gasteiger partial charge in [0.15, 0.2) is 0 Å². The monoisotopic (exact) mass is 380 g/mol. The second kappa shape index (κ2) is 12.7. The molecule has 152 valence electrons. The maximum absolute atomic E-state index is 11.6. The second-order valence-corrected chi connectivity index (χ2v) is 4.76. The van der Waals surface area contributed by atoms with E-state index < -0.39 is 23.9 Å². The quantitative estimate of drug-likeness (QED) is 0.241. The van der Waals surface area contributed by atoms with Crippen molar-refractivity contribution in [3.63, 3.8) is 0 Å². The number of methoxy groups -OCH3 is 6. The van der Waals surface area contributed by atoms with Crippen LogP contribution < -0.4 is 0 Å². The van der Waals surface area contributed by atoms with Crippen molar-refractivity contribution >= 4 is 11.9 Å². The highest BCUT2D eigenvalue weighted by molar-refractivity contribution is 5.91. The minimum atomic E-state index is -1.29. The van der Waals surface area contributed by atoms with E-state index in [-0.39, 0.29) is 26.1 Å². The first-order valence-corrected chi connectivity index (χ1v) is 7.69. The highest BCUT2D eigenvalue weighted by Gasteiger charge is 2.30. The maximum Gasteiger partial charge on any atom is 0.331 e. The molecule has 0 aliphatic rings. The molecule has 0 aliphatic carbocycles. The molecule has 0 amide bonds. The zero-order valence-corrected chi connectivity index (χ0v) is 16.1. The molecule has 0 aromatic rings. The highest BCUT2D eigenvalue weighted by atomic mass is 16.9. The number of hydrogen-bond donors (Lipinski definition) is 0. The maximum atomic E-state index is 11.6. The Hall–Kier alpha value is -1.56. The summed E-state index contributed by atoms with van der Waals surface area (Å²) in [6.07, 6.45) is 2.20. The van der Waals surface area contributed by atoms with E-state index in [1.165, 1.54) is 42.7 Å². The van der Waals surface area contributed by atoms with E-state index in [1.807, 2.05) is 0 Å². The number of esters is 2. The van der Waals surface area contributed by atoms with Gasteiger partial charge in [0.25, 0.3) is 11.9 Å². The van der Waals surface area contributed by atoms with Crippen LogP contribution in [0, 0.1) is 0 Å². The Bertz CT molecular complexity index is 384. The van der Waals surface area contributed by atoms with Crippen LogP contribution in [0.2, 0.25) is 0 Å². The van der Waals surface area contributed by atoms with E-state index in [2.05, 4.69) is 0 Å². The fourth-order valence-electron chi connectivity index (χ4n) is 1.90. The lowest BCUT2D eigenvalue weighted by atomic mass is 10.4. The van der Waals surface area contributed by atoms with Gasteiger partial charge in [0.1, 0.15) is 0 Å². The van der Waals surface area contributed by atoms with E-state index in [4.69, 9.17) is 37.9 Å². The van der Waals surface area contributed by atoms with Crippen molar-refractivity contribution in [2.24, 2.45) is 0 Å². The van der Waals surface area contributed by atoms with Gasteiger partial charge in [0.05, 0.1) is 26.1 Å². The molecule has 0 heterocycles. The van der Waals surface area contributed by atoms with E-state index in [9.17, 15) is 9.59 Å². The molecule has 10 nitrogen and oxygen atoms in total. The van der Waals surface area contributed by atoms with Crippen LogP contribution in [-0.4, -0.2) is 79.8 Å². The van der Waals surface area contributed by atoms with Crippen molar-refractivity contribution in [3.8, 4) is 0 Å². The third-order valence-electron chi connectivity index (χ3n) is 3.53. The largest absolute Gasteiger partial charge is 0.462 e. The summed E-state index contributed by atoms with van der Waals surface area (Å²) in [5, 5.41) is 0. The van der Waals surface area contributed by atoms with E-state index >= 15 is 0 Å². The zero-order valence-electron chi connectivity index (χ0n) is 16.1. The molecule has 0 fully saturated rings. The van der Waals surface area contributed by atoms with Crippen molar-refractivity contribution in [2.45, 2.75) is 24.8 Å². The molecule has 0 radical (unpaired) electrons. The Morgan fingerprint density at radius 1 is 0.615 bits per heavy atom. The predicted octanol–water partition coefficient (Wildman–Crippen LogP) is 0.595. The molecule has 0 saturated heterocycles. The zero-order chi connectivity index (χ0) is 20.1. The summed E-state index contributed by atoms with van der Waals surface area (Å²) in [7, 11) is 8.39. The van der Waals surface area contributed by atoms with Gasteiger partial charge >= 0.3 is 11.9 Å². The summed E-state index contributed by atoms with van der Waals surface area (Å²) in [5.41, 5.74) is 0. The Morgan fingerprint density at radius 2 is 0.885 bits per heavy atom. The Balaban J connectivity index is 4.22. The standard InChI is InChI=1S/C16H28O10/c1-19-15(20-2,21-3)9-11-25-13(17)7-8-14(18)26-12-10-16(22-4,23-5)24-6/h7-8H,9-12H2,1-6H3/b8-7-. The van der Waals surface area contributed by atoms with Crippen molar-refractivity contribution < 1.29 is 47.5 Å². The second-order valence-electron chi connectivity index (χ2n) is 4.76. The number of carbonyl (C=O) groups excluding carboxylic acids is 2. The number of ether oxygens (including phenoxy) is 8. The molecule has 0 saturated carbocycles. The molecule has 0 aliphatic heterocycles. The van der Waals surface area contributed by atoms with Crippen LogP contribution in [0.4, 0.5) is 0 Å². The molecule has 0 unspecified atom stereocenters. The summed E-state index contributed by atoms with van der Waals surface area (Å²) in [6.45, 7) is -0.0719. The Morgan fingerprint density at radius 3 is 1.12 bits per heavy atom. The SMILES string of the molecule is COC(CCOC(=O)/C=C\C(=O)OCCC(OC)(OC)OC)(OC)OC. The fraction of sp³-hybridized carbons (Fsp3) is 0.750. The Kier molecular flexibility index (Phi) is 12.0. The van der Waals surface area contributed by atoms with E-state index in [0.717, 1.165) is 12.2 Å². The molecule has 0 aromatic heterocycles. The molecule has 0 bridgehead atoms. The summed E-state index contributed by atoms with van der Waals surface area (Å²) < 4.78 is 40.2. The van der Waals surface area contributed by atoms with Crippen LogP contribution in [0.25, 0.3) is 0 Å². The van der Waals surface area contributed by atoms with Crippen LogP contribution in [0.3, 0.4) is 0 Å². The first kappa shape index (κ1) is 24.4. The van der Waals surface area contributed by atoms with Gasteiger partial charge in [-0.15, -0.1) is 0 Å². The molecule has 26 heavy (non-hydrogen) atoms. The van der Waals surface area contributed by atoms with Gasteiger partial charge in [0.2, 0.25) is 0 Å². The van der Waals surface area contributed by atoms with Gasteiger partial charge in [-0.25, -0.2) is 9.59 Å². The van der Waals surface area contributed by atoms with Crippen LogP contribution in [-0.2, 0) is 47.5 Å². The number of hydrogen-bond acceptors (Lipinski definition) is 10. The summed E-state index contributed by atoms with van der Waals surface area (Å²) >= 11 is 0. The van der Waals surface area contributed by atoms with Gasteiger partial charge in [-0.05, 0) is 0 Å². The van der Waals surface area contributed by atoms with Crippen molar-refractivity contribution in [1.29, 1.82) is 0 Å². The van der Waals surface area contributed by atoms with Crippen LogP contribution >= 0.6 is 0 Å². The van der Waals surface area contributed by atoms with Gasteiger partial charge < -0.3 is 37.9 Å². The third-order valence-corrected chi connectivity index (χ3v) is 3.53. The third kappa shape index (κ3) is 8.21. The molecular weight excluding hydrogens is 352 g/mol. The van der Waals surface area contributed by atoms with E-state index in [1.54, 1.807) is 0 Å². The van der Waals surface area contributed by atoms with Gasteiger partial charge in [-0.3, -0.25) is 0 Å². The number of carbonyl (C=O) groups is 2. The van der Waals surface area contributed by atoms with E-state index in [0.29, 0.717) is 0 Å². The van der Waals surface area contributed by atoms with Crippen molar-refractivity contribution in [1.82, 2.24) is 0 Å². The molecule has 0 spiro atoms. The van der Waals surface area contributed by atoms with Gasteiger partial charge in [-0.1, -0.05) is 0 Å².